The number of anilines is 1. The molecule has 0 saturated heterocycles. The quantitative estimate of drug-likeness (QED) is 0.0751. The molecule has 0 bridgehead atoms. The van der Waals surface area contributed by atoms with Crippen LogP contribution in [0.1, 0.15) is 60.0 Å². The number of amides is 3. The third-order valence-corrected chi connectivity index (χ3v) is 7.35. The lowest BCUT2D eigenvalue weighted by Gasteiger charge is -2.24. The lowest BCUT2D eigenvalue weighted by molar-refractivity contribution is -0.144. The van der Waals surface area contributed by atoms with Crippen LogP contribution in [0, 0.1) is 0 Å². The van der Waals surface area contributed by atoms with E-state index >= 15 is 0 Å². The molecule has 2 heterocycles. The Kier molecular flexibility index (Phi) is 12.9. The van der Waals surface area contributed by atoms with E-state index in [0.29, 0.717) is 29.4 Å². The minimum absolute atomic E-state index is 0.0233. The number of nitrogens with zero attached hydrogens (tertiary/aromatic N) is 1. The second-order valence-electron chi connectivity index (χ2n) is 11.0. The number of nitrogens with two attached hydrogens (primary N) is 1. The van der Waals surface area contributed by atoms with Crippen molar-refractivity contribution < 1.29 is 54.0 Å². The van der Waals surface area contributed by atoms with Crippen LogP contribution in [0.3, 0.4) is 0 Å². The van der Waals surface area contributed by atoms with E-state index in [1.807, 2.05) is 0 Å². The van der Waals surface area contributed by atoms with Crippen molar-refractivity contribution in [2.24, 2.45) is 0 Å². The van der Waals surface area contributed by atoms with Crippen LogP contribution in [0.4, 0.5) is 5.95 Å². The lowest BCUT2D eigenvalue weighted by atomic mass is 10.0. The summed E-state index contributed by atoms with van der Waals surface area (Å²) in [6.45, 7) is 0. The molecule has 0 spiro atoms. The molecule has 3 rings (SSSR count). The van der Waals surface area contributed by atoms with Gasteiger partial charge in [0.25, 0.3) is 11.5 Å². The molecule has 1 aromatic carbocycles. The Bertz CT molecular complexity index is 1780. The fourth-order valence-electron chi connectivity index (χ4n) is 4.80. The van der Waals surface area contributed by atoms with Crippen LogP contribution >= 0.6 is 0 Å². The van der Waals surface area contributed by atoms with Gasteiger partial charge in [-0.1, -0.05) is 12.1 Å². The summed E-state index contributed by atoms with van der Waals surface area (Å²) in [6, 6.07) is 1.42. The SMILES string of the molecule is Nc1nc2[nH]cc(CCc3ccc(C(=O)N[C@@H](CCC(=O)O)C(=O)N[C@@H](CCC(=O)O)C(=O)N[C@@H](CCC(=O)O)C(=O)O)cc3)c2c(=O)[nH]1. The zero-order valence-electron chi connectivity index (χ0n) is 25.9. The first-order valence-corrected chi connectivity index (χ1v) is 14.9. The normalized spacial score (nSPS) is 12.7. The third-order valence-electron chi connectivity index (χ3n) is 7.35. The predicted octanol–water partition coefficient (Wildman–Crippen LogP) is -0.634. The number of nitrogens with one attached hydrogen (secondary N) is 5. The molecular formula is C30H35N7O12. The van der Waals surface area contributed by atoms with Crippen LogP contribution in [-0.2, 0) is 41.6 Å². The van der Waals surface area contributed by atoms with Crippen LogP contribution in [0.25, 0.3) is 11.0 Å². The second-order valence-corrected chi connectivity index (χ2v) is 11.0. The van der Waals surface area contributed by atoms with Crippen molar-refractivity contribution in [3.63, 3.8) is 0 Å². The fourth-order valence-corrected chi connectivity index (χ4v) is 4.80. The number of aromatic nitrogens is 3. The summed E-state index contributed by atoms with van der Waals surface area (Å²) in [4.78, 5) is 106. The average Bonchev–Trinajstić information content (AvgIpc) is 3.44. The van der Waals surface area contributed by atoms with Gasteiger partial charge in [-0.3, -0.25) is 38.5 Å². The van der Waals surface area contributed by atoms with E-state index in [4.69, 9.17) is 15.9 Å². The number of nitrogen functional groups attached to an aromatic ring is 1. The van der Waals surface area contributed by atoms with E-state index < -0.39 is 98.2 Å². The molecule has 0 aliphatic rings. The Hall–Kier alpha value is -6.27. The minimum atomic E-state index is -1.67. The zero-order valence-corrected chi connectivity index (χ0v) is 25.9. The van der Waals surface area contributed by atoms with Gasteiger partial charge in [0.15, 0.2) is 0 Å². The summed E-state index contributed by atoms with van der Waals surface area (Å²) >= 11 is 0. The number of carbonyl (C=O) groups excluding carboxylic acids is 3. The monoisotopic (exact) mass is 685 g/mol. The standard InChI is InChI=1S/C30H35N7O12/c31-30-36-24-23(28(47)37-30)16(13-32-24)6-3-14-1-4-15(5-2-14)25(44)33-17(7-10-20(38)39)26(45)34-18(8-11-21(40)41)27(46)35-19(29(48)49)9-12-22(42)43/h1-2,4-5,13,17-19H,3,6-12H2,(H,33,44)(H,34,45)(H,35,46)(H,38,39)(H,40,41)(H,42,43)(H,48,49)(H4,31,32,36,37,47)/t17-,18-,19-/m0/s1. The molecule has 0 radical (unpaired) electrons. The number of carboxylic acids is 4. The molecule has 49 heavy (non-hydrogen) atoms. The molecule has 3 aromatic rings. The van der Waals surface area contributed by atoms with Gasteiger partial charge >= 0.3 is 23.9 Å². The first kappa shape index (κ1) is 37.2. The van der Waals surface area contributed by atoms with Gasteiger partial charge < -0.3 is 47.1 Å². The Balaban J connectivity index is 1.70. The number of aryl methyl sites for hydroxylation is 2. The topological polar surface area (TPSA) is 324 Å². The molecule has 19 nitrogen and oxygen atoms in total. The molecule has 11 N–H and O–H groups in total. The lowest BCUT2D eigenvalue weighted by Crippen LogP contribution is -2.56. The highest BCUT2D eigenvalue weighted by molar-refractivity contribution is 5.99. The number of fused-ring (bicyclic) bond motifs is 1. The van der Waals surface area contributed by atoms with Crippen molar-refractivity contribution in [2.45, 2.75) is 69.5 Å². The molecule has 3 amide bonds. The summed E-state index contributed by atoms with van der Waals surface area (Å²) in [6.07, 6.45) is -0.660. The van der Waals surface area contributed by atoms with Gasteiger partial charge in [-0.15, -0.1) is 0 Å². The van der Waals surface area contributed by atoms with Gasteiger partial charge in [-0.2, -0.15) is 4.98 Å². The minimum Gasteiger partial charge on any atom is -0.481 e. The number of carboxylic acid groups (broad SMARTS) is 4. The number of H-pyrrole nitrogens is 2. The Labute approximate surface area is 276 Å². The number of benzene rings is 1. The molecule has 0 aliphatic carbocycles. The maximum Gasteiger partial charge on any atom is 0.326 e. The summed E-state index contributed by atoms with van der Waals surface area (Å²) < 4.78 is 0. The van der Waals surface area contributed by atoms with Crippen LogP contribution in [-0.4, -0.2) is 95.1 Å². The van der Waals surface area contributed by atoms with Gasteiger partial charge in [0.2, 0.25) is 17.8 Å². The molecule has 3 atom stereocenters. The molecule has 19 heteroatoms. The highest BCUT2D eigenvalue weighted by atomic mass is 16.4. The van der Waals surface area contributed by atoms with Gasteiger partial charge in [0, 0.05) is 31.0 Å². The average molecular weight is 686 g/mol. The molecular weight excluding hydrogens is 650 g/mol. The number of aromatic amines is 2. The van der Waals surface area contributed by atoms with Crippen LogP contribution in [0.2, 0.25) is 0 Å². The maximum absolute atomic E-state index is 13.2. The molecule has 0 saturated carbocycles. The molecule has 0 unspecified atom stereocenters. The number of carbonyl (C=O) groups is 7. The summed E-state index contributed by atoms with van der Waals surface area (Å²) in [5.41, 5.74) is 7.13. The van der Waals surface area contributed by atoms with Crippen molar-refractivity contribution in [3.8, 4) is 0 Å². The largest absolute Gasteiger partial charge is 0.481 e. The number of hydrogen-bond donors (Lipinski definition) is 10. The van der Waals surface area contributed by atoms with Crippen molar-refractivity contribution in [1.82, 2.24) is 30.9 Å². The van der Waals surface area contributed by atoms with E-state index in [0.717, 1.165) is 5.56 Å². The second kappa shape index (κ2) is 17.0. The van der Waals surface area contributed by atoms with E-state index in [2.05, 4.69) is 30.9 Å². The Morgan fingerprint density at radius 3 is 1.78 bits per heavy atom. The van der Waals surface area contributed by atoms with Crippen LogP contribution < -0.4 is 27.2 Å². The van der Waals surface area contributed by atoms with Gasteiger partial charge in [-0.05, 0) is 55.4 Å². The summed E-state index contributed by atoms with van der Waals surface area (Å²) in [5.74, 6) is -8.48. The Morgan fingerprint density at radius 1 is 0.735 bits per heavy atom. The van der Waals surface area contributed by atoms with Crippen LogP contribution in [0.15, 0.2) is 35.3 Å². The fraction of sp³-hybridized carbons (Fsp3) is 0.367. The summed E-state index contributed by atoms with van der Waals surface area (Å²) in [5, 5.41) is 43.6. The maximum atomic E-state index is 13.2. The molecule has 2 aromatic heterocycles. The smallest absolute Gasteiger partial charge is 0.326 e. The van der Waals surface area contributed by atoms with E-state index in [1.165, 1.54) is 12.1 Å². The van der Waals surface area contributed by atoms with Crippen molar-refractivity contribution in [3.05, 3.63) is 57.5 Å². The van der Waals surface area contributed by atoms with Gasteiger partial charge in [0.1, 0.15) is 23.8 Å². The highest BCUT2D eigenvalue weighted by Gasteiger charge is 2.30. The van der Waals surface area contributed by atoms with Crippen molar-refractivity contribution in [2.75, 3.05) is 5.73 Å². The molecule has 0 fully saturated rings. The number of hydrogen-bond acceptors (Lipinski definition) is 10. The van der Waals surface area contributed by atoms with Crippen molar-refractivity contribution >= 4 is 58.6 Å². The predicted molar refractivity (Wildman–Crippen MR) is 168 cm³/mol. The van der Waals surface area contributed by atoms with Crippen LogP contribution in [0.5, 0.6) is 0 Å². The Morgan fingerprint density at radius 2 is 1.24 bits per heavy atom. The van der Waals surface area contributed by atoms with Crippen molar-refractivity contribution in [1.29, 1.82) is 0 Å². The van der Waals surface area contributed by atoms with Gasteiger partial charge in [-0.25, -0.2) is 4.79 Å². The third kappa shape index (κ3) is 11.2. The zero-order chi connectivity index (χ0) is 36.2. The first-order valence-electron chi connectivity index (χ1n) is 14.9. The first-order chi connectivity index (χ1) is 23.1. The van der Waals surface area contributed by atoms with E-state index in [-0.39, 0.29) is 17.1 Å². The summed E-state index contributed by atoms with van der Waals surface area (Å²) in [7, 11) is 0. The highest BCUT2D eigenvalue weighted by Crippen LogP contribution is 2.16. The van der Waals surface area contributed by atoms with E-state index in [9.17, 15) is 48.6 Å². The number of rotatable bonds is 19. The van der Waals surface area contributed by atoms with Gasteiger partial charge in [0.05, 0.1) is 5.39 Å². The number of aliphatic carboxylic acids is 4. The molecule has 0 aliphatic heterocycles. The van der Waals surface area contributed by atoms with E-state index in [1.54, 1.807) is 18.3 Å². The molecule has 262 valence electrons.